The van der Waals surface area contributed by atoms with Crippen molar-refractivity contribution in [3.8, 4) is 6.07 Å². The van der Waals surface area contributed by atoms with Crippen LogP contribution in [0.25, 0.3) is 0 Å². The van der Waals surface area contributed by atoms with Crippen LogP contribution >= 0.6 is 0 Å². The van der Waals surface area contributed by atoms with Gasteiger partial charge < -0.3 is 23.7 Å². The summed E-state index contributed by atoms with van der Waals surface area (Å²) in [6, 6.07) is 2.00. The summed E-state index contributed by atoms with van der Waals surface area (Å²) in [6.45, 7) is 1.73. The highest BCUT2D eigenvalue weighted by Gasteiger charge is 2.11. The van der Waals surface area contributed by atoms with Crippen LogP contribution in [-0.2, 0) is 23.7 Å². The van der Waals surface area contributed by atoms with Crippen LogP contribution in [0.1, 0.15) is 6.42 Å². The highest BCUT2D eigenvalue weighted by atomic mass is 16.8. The molecule has 6 heteroatoms. The van der Waals surface area contributed by atoms with E-state index in [1.807, 2.05) is 6.07 Å². The number of ether oxygens (including phenoxy) is 5. The predicted molar refractivity (Wildman–Crippen MR) is 48.6 cm³/mol. The molecule has 0 saturated carbocycles. The van der Waals surface area contributed by atoms with E-state index in [0.717, 1.165) is 0 Å². The Kier molecular flexibility index (Phi) is 7.08. The molecule has 1 fully saturated rings. The average molecular weight is 217 g/mol. The van der Waals surface area contributed by atoms with Crippen molar-refractivity contribution in [2.24, 2.45) is 0 Å². The van der Waals surface area contributed by atoms with Crippen molar-refractivity contribution in [2.75, 3.05) is 40.2 Å². The van der Waals surface area contributed by atoms with Gasteiger partial charge in [-0.3, -0.25) is 0 Å². The van der Waals surface area contributed by atoms with E-state index >= 15 is 0 Å². The molecule has 0 amide bonds. The van der Waals surface area contributed by atoms with Crippen molar-refractivity contribution < 1.29 is 23.7 Å². The summed E-state index contributed by atoms with van der Waals surface area (Å²) in [7, 11) is 0. The van der Waals surface area contributed by atoms with E-state index in [-0.39, 0.29) is 26.5 Å². The zero-order valence-corrected chi connectivity index (χ0v) is 8.52. The van der Waals surface area contributed by atoms with E-state index in [0.29, 0.717) is 26.2 Å². The second-order valence-electron chi connectivity index (χ2n) is 2.90. The Morgan fingerprint density at radius 1 is 1.20 bits per heavy atom. The Labute approximate surface area is 88.6 Å². The predicted octanol–water partition coefficient (Wildman–Crippen LogP) is 0.238. The number of nitriles is 1. The third-order valence-corrected chi connectivity index (χ3v) is 1.69. The molecule has 0 spiro atoms. The molecular weight excluding hydrogens is 202 g/mol. The summed E-state index contributed by atoms with van der Waals surface area (Å²) >= 11 is 0. The van der Waals surface area contributed by atoms with Gasteiger partial charge in [0.25, 0.3) is 0 Å². The second kappa shape index (κ2) is 8.59. The van der Waals surface area contributed by atoms with Crippen LogP contribution in [0.4, 0.5) is 0 Å². The molecule has 0 aromatic rings. The van der Waals surface area contributed by atoms with Crippen LogP contribution in [0, 0.1) is 11.3 Å². The Bertz CT molecular complexity index is 183. The molecule has 86 valence electrons. The molecule has 1 aliphatic heterocycles. The summed E-state index contributed by atoms with van der Waals surface area (Å²) in [6.07, 6.45) is 0.207. The minimum Gasteiger partial charge on any atom is -0.378 e. The molecule has 0 bridgehead atoms. The monoisotopic (exact) mass is 217 g/mol. The Morgan fingerprint density at radius 2 is 2.00 bits per heavy atom. The molecule has 1 saturated heterocycles. The third kappa shape index (κ3) is 6.38. The van der Waals surface area contributed by atoms with E-state index < -0.39 is 0 Å². The fraction of sp³-hybridized carbons (Fsp3) is 0.889. The van der Waals surface area contributed by atoms with Crippen molar-refractivity contribution in [2.45, 2.75) is 12.5 Å². The van der Waals surface area contributed by atoms with E-state index in [1.54, 1.807) is 0 Å². The molecule has 1 rings (SSSR count). The molecule has 6 nitrogen and oxygen atoms in total. The van der Waals surface area contributed by atoms with Crippen molar-refractivity contribution >= 4 is 0 Å². The van der Waals surface area contributed by atoms with Gasteiger partial charge in [0.2, 0.25) is 0 Å². The first-order valence-electron chi connectivity index (χ1n) is 4.73. The van der Waals surface area contributed by atoms with Gasteiger partial charge in [-0.2, -0.15) is 5.26 Å². The number of nitrogens with zero attached hydrogens (tertiary/aromatic N) is 1. The zero-order valence-electron chi connectivity index (χ0n) is 8.52. The van der Waals surface area contributed by atoms with Gasteiger partial charge in [0.15, 0.2) is 6.79 Å². The summed E-state index contributed by atoms with van der Waals surface area (Å²) < 4.78 is 25.6. The maximum atomic E-state index is 8.30. The molecule has 0 aromatic carbocycles. The van der Waals surface area contributed by atoms with Crippen LogP contribution in [0.15, 0.2) is 0 Å². The molecule has 1 unspecified atom stereocenters. The number of hydrogen-bond acceptors (Lipinski definition) is 6. The molecule has 0 aliphatic carbocycles. The van der Waals surface area contributed by atoms with E-state index in [9.17, 15) is 0 Å². The van der Waals surface area contributed by atoms with E-state index in [4.69, 9.17) is 28.9 Å². The standard InChI is InChI=1S/C9H15NO5/c10-2-1-3-11-4-9-5-12-6-13-7-14-8-15-9/h9H,1,3-8H2. The molecule has 0 aromatic heterocycles. The van der Waals surface area contributed by atoms with Gasteiger partial charge in [-0.1, -0.05) is 0 Å². The first-order valence-corrected chi connectivity index (χ1v) is 4.73. The second-order valence-corrected chi connectivity index (χ2v) is 2.90. The third-order valence-electron chi connectivity index (χ3n) is 1.69. The maximum Gasteiger partial charge on any atom is 0.152 e. The molecule has 15 heavy (non-hydrogen) atoms. The fourth-order valence-electron chi connectivity index (χ4n) is 0.987. The highest BCUT2D eigenvalue weighted by molar-refractivity contribution is 4.67. The molecule has 0 radical (unpaired) electrons. The topological polar surface area (TPSA) is 69.9 Å². The first kappa shape index (κ1) is 12.4. The smallest absolute Gasteiger partial charge is 0.152 e. The van der Waals surface area contributed by atoms with Crippen molar-refractivity contribution in [1.82, 2.24) is 0 Å². The van der Waals surface area contributed by atoms with Gasteiger partial charge in [0.05, 0.1) is 32.3 Å². The molecule has 1 aliphatic rings. The van der Waals surface area contributed by atoms with Crippen LogP contribution < -0.4 is 0 Å². The first-order chi connectivity index (χ1) is 7.43. The average Bonchev–Trinajstić information content (AvgIpc) is 2.38. The van der Waals surface area contributed by atoms with Gasteiger partial charge >= 0.3 is 0 Å². The van der Waals surface area contributed by atoms with Crippen molar-refractivity contribution in [1.29, 1.82) is 5.26 Å². The van der Waals surface area contributed by atoms with E-state index in [2.05, 4.69) is 0 Å². The zero-order chi connectivity index (χ0) is 10.8. The minimum atomic E-state index is -0.176. The van der Waals surface area contributed by atoms with Crippen LogP contribution in [0.3, 0.4) is 0 Å². The maximum absolute atomic E-state index is 8.30. The Morgan fingerprint density at radius 3 is 2.87 bits per heavy atom. The van der Waals surface area contributed by atoms with Crippen molar-refractivity contribution in [3.63, 3.8) is 0 Å². The normalized spacial score (nSPS) is 23.5. The number of rotatable bonds is 4. The molecule has 1 heterocycles. The molecule has 0 N–H and O–H groups in total. The van der Waals surface area contributed by atoms with Crippen molar-refractivity contribution in [3.05, 3.63) is 0 Å². The van der Waals surface area contributed by atoms with Crippen LogP contribution in [0.2, 0.25) is 0 Å². The lowest BCUT2D eigenvalue weighted by Crippen LogP contribution is -2.26. The van der Waals surface area contributed by atoms with Gasteiger partial charge in [-0.25, -0.2) is 0 Å². The Hall–Kier alpha value is -0.710. The van der Waals surface area contributed by atoms with Crippen LogP contribution in [0.5, 0.6) is 0 Å². The quantitative estimate of drug-likeness (QED) is 0.628. The largest absolute Gasteiger partial charge is 0.378 e. The summed E-state index contributed by atoms with van der Waals surface area (Å²) in [5.41, 5.74) is 0. The lowest BCUT2D eigenvalue weighted by molar-refractivity contribution is -0.150. The molecular formula is C9H15NO5. The summed E-state index contributed by atoms with van der Waals surface area (Å²) in [4.78, 5) is 0. The van der Waals surface area contributed by atoms with E-state index in [1.165, 1.54) is 0 Å². The summed E-state index contributed by atoms with van der Waals surface area (Å²) in [5, 5.41) is 8.30. The van der Waals surface area contributed by atoms with Gasteiger partial charge in [0.1, 0.15) is 19.7 Å². The van der Waals surface area contributed by atoms with Gasteiger partial charge in [0, 0.05) is 0 Å². The Balaban J connectivity index is 2.10. The molecule has 1 atom stereocenters. The van der Waals surface area contributed by atoms with Gasteiger partial charge in [-0.05, 0) is 0 Å². The number of hydrogen-bond donors (Lipinski definition) is 0. The lowest BCUT2D eigenvalue weighted by atomic mass is 10.4. The SMILES string of the molecule is N#CCCOCC1COCOCOCO1. The fourth-order valence-corrected chi connectivity index (χ4v) is 0.987. The lowest BCUT2D eigenvalue weighted by Gasteiger charge is -2.15. The summed E-state index contributed by atoms with van der Waals surface area (Å²) in [5.74, 6) is 0. The van der Waals surface area contributed by atoms with Crippen LogP contribution in [-0.4, -0.2) is 46.3 Å². The van der Waals surface area contributed by atoms with Gasteiger partial charge in [-0.15, -0.1) is 0 Å². The minimum absolute atomic E-state index is 0.162. The highest BCUT2D eigenvalue weighted by Crippen LogP contribution is 1.99.